The molecule has 0 aromatic heterocycles. The molecule has 4 heteroatoms. The van der Waals surface area contributed by atoms with E-state index in [2.05, 4.69) is 11.8 Å². The van der Waals surface area contributed by atoms with Crippen molar-refractivity contribution in [2.75, 3.05) is 6.54 Å². The van der Waals surface area contributed by atoms with Crippen molar-refractivity contribution in [1.29, 1.82) is 0 Å². The van der Waals surface area contributed by atoms with Gasteiger partial charge in [0.25, 0.3) is 0 Å². The number of nitrogens with zero attached hydrogens (tertiary/aromatic N) is 1. The van der Waals surface area contributed by atoms with Crippen LogP contribution in [0.25, 0.3) is 0 Å². The SMILES string of the molecule is CCCC[C@@]12[C@@H]3C[C@H]4[C@H]5[C@H](C)C(=O)O[C@]5(O3)[C@@H]1CCN42. The zero-order valence-electron chi connectivity index (χ0n) is 12.3. The maximum Gasteiger partial charge on any atom is 0.311 e. The Bertz CT molecular complexity index is 494. The third-order valence-corrected chi connectivity index (χ3v) is 7.00. The third-order valence-electron chi connectivity index (χ3n) is 7.00. The average molecular weight is 277 g/mol. The summed E-state index contributed by atoms with van der Waals surface area (Å²) in [6.45, 7) is 5.48. The summed E-state index contributed by atoms with van der Waals surface area (Å²) in [6, 6.07) is 0.519. The number of hydrogen-bond donors (Lipinski definition) is 0. The number of esters is 1. The van der Waals surface area contributed by atoms with Crippen molar-refractivity contribution in [3.05, 3.63) is 0 Å². The van der Waals surface area contributed by atoms with Crippen LogP contribution in [0, 0.1) is 17.8 Å². The molecule has 20 heavy (non-hydrogen) atoms. The molecule has 110 valence electrons. The fourth-order valence-corrected chi connectivity index (χ4v) is 6.47. The number of carbonyl (C=O) groups excluding carboxylic acids is 1. The number of rotatable bonds is 3. The Morgan fingerprint density at radius 1 is 1.45 bits per heavy atom. The van der Waals surface area contributed by atoms with Crippen molar-refractivity contribution < 1.29 is 14.3 Å². The van der Waals surface area contributed by atoms with Crippen LogP contribution in [0.1, 0.15) is 46.0 Å². The molecule has 0 aromatic rings. The van der Waals surface area contributed by atoms with Crippen molar-refractivity contribution in [3.63, 3.8) is 0 Å². The second kappa shape index (κ2) is 3.41. The van der Waals surface area contributed by atoms with Crippen LogP contribution in [0.15, 0.2) is 0 Å². The molecule has 8 atom stereocenters. The summed E-state index contributed by atoms with van der Waals surface area (Å²) in [5.41, 5.74) is 0.196. The third kappa shape index (κ3) is 0.970. The first-order chi connectivity index (χ1) is 9.65. The van der Waals surface area contributed by atoms with Gasteiger partial charge in [0.15, 0.2) is 0 Å². The first-order valence-electron chi connectivity index (χ1n) is 8.32. The van der Waals surface area contributed by atoms with E-state index in [-0.39, 0.29) is 23.3 Å². The smallest absolute Gasteiger partial charge is 0.311 e. The molecule has 1 unspecified atom stereocenters. The van der Waals surface area contributed by atoms with Crippen molar-refractivity contribution in [1.82, 2.24) is 4.90 Å². The van der Waals surface area contributed by atoms with Gasteiger partial charge in [-0.2, -0.15) is 0 Å². The zero-order chi connectivity index (χ0) is 13.7. The molecule has 5 bridgehead atoms. The van der Waals surface area contributed by atoms with Crippen LogP contribution < -0.4 is 0 Å². The highest BCUT2D eigenvalue weighted by atomic mass is 16.7. The largest absolute Gasteiger partial charge is 0.432 e. The summed E-state index contributed by atoms with van der Waals surface area (Å²) in [5.74, 6) is 0.123. The predicted octanol–water partition coefficient (Wildman–Crippen LogP) is 1.93. The number of ether oxygens (including phenoxy) is 2. The monoisotopic (exact) mass is 277 g/mol. The Morgan fingerprint density at radius 2 is 2.30 bits per heavy atom. The van der Waals surface area contributed by atoms with E-state index in [9.17, 15) is 4.79 Å². The van der Waals surface area contributed by atoms with Crippen LogP contribution in [0.5, 0.6) is 0 Å². The molecule has 4 nitrogen and oxygen atoms in total. The zero-order valence-corrected chi connectivity index (χ0v) is 12.3. The molecule has 0 amide bonds. The summed E-state index contributed by atoms with van der Waals surface area (Å²) in [4.78, 5) is 14.9. The van der Waals surface area contributed by atoms with E-state index in [0.717, 1.165) is 12.8 Å². The molecular weight excluding hydrogens is 254 g/mol. The topological polar surface area (TPSA) is 38.8 Å². The van der Waals surface area contributed by atoms with Gasteiger partial charge in [0, 0.05) is 12.0 Å². The lowest BCUT2D eigenvalue weighted by Gasteiger charge is -2.48. The van der Waals surface area contributed by atoms with E-state index < -0.39 is 5.79 Å². The van der Waals surface area contributed by atoms with Gasteiger partial charge in [-0.15, -0.1) is 0 Å². The standard InChI is InChI=1S/C16H23NO3/c1-3-4-6-15-11-5-7-17(15)10-8-12(15)19-16(11)13(10)9(2)14(18)20-16/h9-13H,3-8H2,1-2H3/t9-,10-,11+,12-,13+,15-,16+/m0/s1. The van der Waals surface area contributed by atoms with Gasteiger partial charge in [-0.05, 0) is 25.8 Å². The van der Waals surface area contributed by atoms with E-state index >= 15 is 0 Å². The van der Waals surface area contributed by atoms with Crippen molar-refractivity contribution >= 4 is 5.97 Å². The fourth-order valence-electron chi connectivity index (χ4n) is 6.47. The van der Waals surface area contributed by atoms with Crippen LogP contribution in [-0.4, -0.2) is 40.9 Å². The van der Waals surface area contributed by atoms with Gasteiger partial charge in [-0.1, -0.05) is 26.7 Å². The number of carbonyl (C=O) groups is 1. The minimum atomic E-state index is -0.551. The number of unbranched alkanes of at least 4 members (excludes halogenated alkanes) is 1. The molecule has 0 saturated carbocycles. The highest BCUT2D eigenvalue weighted by molar-refractivity contribution is 5.76. The molecular formula is C16H23NO3. The summed E-state index contributed by atoms with van der Waals surface area (Å²) >= 11 is 0. The highest BCUT2D eigenvalue weighted by Gasteiger charge is 2.84. The molecule has 0 aromatic carbocycles. The van der Waals surface area contributed by atoms with E-state index in [1.807, 2.05) is 6.92 Å². The van der Waals surface area contributed by atoms with Crippen molar-refractivity contribution in [2.45, 2.75) is 69.4 Å². The minimum absolute atomic E-state index is 0.00586. The summed E-state index contributed by atoms with van der Waals surface area (Å²) in [6.07, 6.45) is 6.27. The van der Waals surface area contributed by atoms with Crippen LogP contribution in [0.4, 0.5) is 0 Å². The van der Waals surface area contributed by atoms with Gasteiger partial charge in [0.1, 0.15) is 0 Å². The van der Waals surface area contributed by atoms with Gasteiger partial charge in [-0.3, -0.25) is 9.69 Å². The number of piperidine rings is 1. The Balaban J connectivity index is 1.64. The van der Waals surface area contributed by atoms with E-state index in [1.54, 1.807) is 0 Å². The second-order valence-electron chi connectivity index (χ2n) is 7.50. The van der Waals surface area contributed by atoms with Crippen LogP contribution in [0.2, 0.25) is 0 Å². The van der Waals surface area contributed by atoms with Gasteiger partial charge in [-0.25, -0.2) is 0 Å². The summed E-state index contributed by atoms with van der Waals surface area (Å²) in [5, 5.41) is 0. The van der Waals surface area contributed by atoms with Gasteiger partial charge >= 0.3 is 5.97 Å². The second-order valence-corrected chi connectivity index (χ2v) is 7.50. The summed E-state index contributed by atoms with van der Waals surface area (Å²) < 4.78 is 12.4. The Labute approximate surface area is 119 Å². The Morgan fingerprint density at radius 3 is 3.10 bits per heavy atom. The minimum Gasteiger partial charge on any atom is -0.432 e. The van der Waals surface area contributed by atoms with E-state index in [4.69, 9.17) is 9.47 Å². The first kappa shape index (κ1) is 12.0. The maximum atomic E-state index is 12.2. The van der Waals surface area contributed by atoms with Crippen LogP contribution in [0.3, 0.4) is 0 Å². The lowest BCUT2D eigenvalue weighted by Crippen LogP contribution is -2.61. The highest BCUT2D eigenvalue weighted by Crippen LogP contribution is 2.71. The molecule has 5 saturated heterocycles. The molecule has 0 radical (unpaired) electrons. The molecule has 5 heterocycles. The maximum absolute atomic E-state index is 12.2. The fraction of sp³-hybridized carbons (Fsp3) is 0.938. The van der Waals surface area contributed by atoms with Crippen LogP contribution in [-0.2, 0) is 14.3 Å². The molecule has 5 fully saturated rings. The molecule has 5 rings (SSSR count). The lowest BCUT2D eigenvalue weighted by atomic mass is 9.70. The quantitative estimate of drug-likeness (QED) is 0.739. The first-order valence-corrected chi connectivity index (χ1v) is 8.32. The molecule has 0 N–H and O–H groups in total. The number of hydrogen-bond acceptors (Lipinski definition) is 4. The Hall–Kier alpha value is -0.610. The Kier molecular flexibility index (Phi) is 2.04. The lowest BCUT2D eigenvalue weighted by molar-refractivity contribution is -0.258. The van der Waals surface area contributed by atoms with Crippen molar-refractivity contribution in [3.8, 4) is 0 Å². The summed E-state index contributed by atoms with van der Waals surface area (Å²) in [7, 11) is 0. The molecule has 1 spiro atoms. The average Bonchev–Trinajstić information content (AvgIpc) is 3.04. The van der Waals surface area contributed by atoms with E-state index in [1.165, 1.54) is 25.8 Å². The molecule has 0 aliphatic carbocycles. The normalized spacial score (nSPS) is 61.2. The van der Waals surface area contributed by atoms with Gasteiger partial charge < -0.3 is 9.47 Å². The molecule has 5 aliphatic rings. The van der Waals surface area contributed by atoms with E-state index in [0.29, 0.717) is 18.1 Å². The van der Waals surface area contributed by atoms with Gasteiger partial charge in [0.2, 0.25) is 5.79 Å². The van der Waals surface area contributed by atoms with Gasteiger partial charge in [0.05, 0.1) is 23.5 Å². The van der Waals surface area contributed by atoms with Crippen LogP contribution >= 0.6 is 0 Å². The molecule has 5 aliphatic heterocycles. The predicted molar refractivity (Wildman–Crippen MR) is 71.8 cm³/mol. The van der Waals surface area contributed by atoms with Crippen molar-refractivity contribution in [2.24, 2.45) is 17.8 Å². The number of fused-ring (bicyclic) bond motifs is 1.